The summed E-state index contributed by atoms with van der Waals surface area (Å²) in [5.74, 6) is -2.70. The number of aromatic nitrogens is 2. The molecule has 414 valence electrons. The normalized spacial score (nSPS) is 18.0. The lowest BCUT2D eigenvalue weighted by molar-refractivity contribution is -0.148. The number of hydrogen-bond acceptors (Lipinski definition) is 13. The van der Waals surface area contributed by atoms with E-state index < -0.39 is 71.7 Å². The van der Waals surface area contributed by atoms with Crippen molar-refractivity contribution >= 4 is 58.7 Å². The molecule has 3 N–H and O–H groups in total. The molecule has 11 atom stereocenters. The van der Waals surface area contributed by atoms with E-state index in [1.165, 1.54) is 12.0 Å². The van der Waals surface area contributed by atoms with Crippen molar-refractivity contribution in [3.63, 3.8) is 0 Å². The van der Waals surface area contributed by atoms with Gasteiger partial charge in [-0.3, -0.25) is 24.0 Å². The predicted octanol–water partition coefficient (Wildman–Crippen LogP) is 7.06. The molecular weight excluding hydrogens is 997 g/mol. The molecule has 1 aromatic carbocycles. The van der Waals surface area contributed by atoms with Crippen molar-refractivity contribution < 1.29 is 42.7 Å². The van der Waals surface area contributed by atoms with Crippen LogP contribution in [0.5, 0.6) is 0 Å². The highest BCUT2D eigenvalue weighted by atomic mass is 32.2. The molecule has 1 fully saturated rings. The maximum atomic E-state index is 14.7. The molecule has 3 rings (SSSR count). The maximum Gasteiger partial charge on any atom is 0.245 e. The van der Waals surface area contributed by atoms with Crippen molar-refractivity contribution in [2.75, 3.05) is 40.2 Å². The highest BCUT2D eigenvalue weighted by molar-refractivity contribution is 8.00. The Labute approximate surface area is 447 Å². The lowest BCUT2D eigenvalue weighted by Crippen LogP contribution is -2.60. The molecule has 1 aliphatic heterocycles. The van der Waals surface area contributed by atoms with Gasteiger partial charge in [-0.1, -0.05) is 102 Å². The molecule has 1 aromatic heterocycles. The van der Waals surface area contributed by atoms with Crippen molar-refractivity contribution in [2.24, 2.45) is 28.8 Å². The lowest BCUT2D eigenvalue weighted by Gasteiger charge is -2.41. The third-order valence-corrected chi connectivity index (χ3v) is 23.5. The van der Waals surface area contributed by atoms with Crippen LogP contribution in [0.25, 0.3) is 10.4 Å². The van der Waals surface area contributed by atoms with Crippen molar-refractivity contribution in [1.82, 2.24) is 35.3 Å². The van der Waals surface area contributed by atoms with Crippen molar-refractivity contribution in [3.05, 3.63) is 64.3 Å². The van der Waals surface area contributed by atoms with E-state index in [1.807, 2.05) is 71.9 Å². The zero-order valence-corrected chi connectivity index (χ0v) is 49.8. The van der Waals surface area contributed by atoms with E-state index in [-0.39, 0.29) is 66.8 Å². The number of likely N-dealkylation sites (tertiary alicyclic amines) is 1. The molecule has 0 radical (unpaired) electrons. The molecule has 19 nitrogen and oxygen atoms in total. The van der Waals surface area contributed by atoms with Crippen LogP contribution in [0.3, 0.4) is 0 Å². The van der Waals surface area contributed by atoms with Crippen LogP contribution in [0.2, 0.25) is 25.7 Å². The number of aliphatic hydroxyl groups is 1. The van der Waals surface area contributed by atoms with Crippen LogP contribution >= 0.6 is 11.8 Å². The predicted molar refractivity (Wildman–Crippen MR) is 295 cm³/mol. The maximum absolute atomic E-state index is 14.7. The minimum absolute atomic E-state index is 0.0302. The molecule has 1 saturated heterocycles. The number of likely N-dealkylation sites (N-methyl/N-ethyl adjacent to an activating group) is 2. The van der Waals surface area contributed by atoms with Gasteiger partial charge in [0.25, 0.3) is 0 Å². The number of azide groups is 1. The van der Waals surface area contributed by atoms with E-state index in [9.17, 15) is 29.1 Å². The van der Waals surface area contributed by atoms with E-state index >= 15 is 0 Å². The van der Waals surface area contributed by atoms with Crippen molar-refractivity contribution in [1.29, 1.82) is 0 Å². The Hall–Kier alpha value is -4.42. The number of amides is 5. The monoisotopic (exact) mass is 1080 g/mol. The van der Waals surface area contributed by atoms with E-state index in [0.29, 0.717) is 36.5 Å². The number of carbonyl (C=O) groups is 5. The van der Waals surface area contributed by atoms with Gasteiger partial charge in [-0.15, -0.1) is 0 Å². The number of thioether (sulfide) groups is 1. The van der Waals surface area contributed by atoms with E-state index in [2.05, 4.69) is 50.3 Å². The van der Waals surface area contributed by atoms with Crippen LogP contribution in [0.4, 0.5) is 0 Å². The number of carbonyl (C=O) groups excluding carboxylic acids is 5. The Kier molecular flexibility index (Phi) is 26.7. The standard InChI is InChI=1S/C52H88N10O9SSi2/c1-16-35(6)46(41(69-11)28-43(64)62-26-20-24-40(62)48(70-12)36(7)49(66)57-37(8)47(65)39-22-18-17-19-23-39)61(10)51(68)44(33(2)3)58-50(67)45(34(4)5)60(9)42(63)25-21-27-73(13)71-74(14,15)32-72-52-54-29-38(30-55-52)31-56-59-53/h17-19,22-23,29-30,33-37,40-41,44-48,65,73H,16,20-21,24-28,31-32H2,1-15H3,(H,57,66)(H,58,67)/t35-,36+,37+,40-,41+,44-,45-,46-,47+,48+,73?/m1/s1. The zero-order valence-electron chi connectivity index (χ0n) is 46.8. The van der Waals surface area contributed by atoms with Crippen LogP contribution in [-0.4, -0.2) is 159 Å². The van der Waals surface area contributed by atoms with Gasteiger partial charge in [0.05, 0.1) is 55.3 Å². The van der Waals surface area contributed by atoms with Crippen LogP contribution in [0, 0.1) is 23.7 Å². The van der Waals surface area contributed by atoms with Gasteiger partial charge >= 0.3 is 0 Å². The van der Waals surface area contributed by atoms with E-state index in [4.69, 9.17) is 19.1 Å². The largest absolute Gasteiger partial charge is 0.457 e. The number of methoxy groups -OCH3 is 2. The Balaban J connectivity index is 1.66. The first-order valence-corrected chi connectivity index (χ1v) is 32.8. The zero-order chi connectivity index (χ0) is 55.4. The van der Waals surface area contributed by atoms with Gasteiger partial charge in [-0.2, -0.15) is 0 Å². The summed E-state index contributed by atoms with van der Waals surface area (Å²) >= 11 is 1.54. The lowest BCUT2D eigenvalue weighted by atomic mass is 9.89. The second-order valence-corrected chi connectivity index (χ2v) is 29.8. The molecule has 0 spiro atoms. The number of nitrogens with zero attached hydrogens (tertiary/aromatic N) is 8. The van der Waals surface area contributed by atoms with Gasteiger partial charge in [0.1, 0.15) is 12.1 Å². The van der Waals surface area contributed by atoms with Crippen LogP contribution in [0.15, 0.2) is 53.0 Å². The first-order chi connectivity index (χ1) is 34.9. The molecule has 2 heterocycles. The average molecular weight is 1090 g/mol. The minimum Gasteiger partial charge on any atom is -0.457 e. The Bertz CT molecular complexity index is 2140. The highest BCUT2D eigenvalue weighted by Gasteiger charge is 2.44. The molecule has 22 heteroatoms. The number of nitrogens with one attached hydrogen (secondary N) is 2. The van der Waals surface area contributed by atoms with Gasteiger partial charge in [-0.25, -0.2) is 9.97 Å². The molecule has 0 aliphatic carbocycles. The number of hydrogen-bond donors (Lipinski definition) is 3. The van der Waals surface area contributed by atoms with Crippen LogP contribution in [-0.2, 0) is 44.1 Å². The SMILES string of the molecule is CC[C@@H](C)[C@H]([C@H](CC(=O)N1CCC[C@@H]1[C@@H](OC)[C@H](C)C(=O)N[C@@H](C)[C@H](O)c1ccccc1)OC)N(C)C(=O)[C@H](NC(=O)[C@@H](C(C)C)N(C)C(=O)CCC[SiH](C)O[Si](C)(C)CSc1ncc(CN=[N+]=[N-])cn1)C(C)C. The summed E-state index contributed by atoms with van der Waals surface area (Å²) < 4.78 is 18.7. The number of aliphatic hydroxyl groups excluding tert-OH is 1. The molecule has 0 bridgehead atoms. The summed E-state index contributed by atoms with van der Waals surface area (Å²) in [6, 6.07) is 6.67. The first-order valence-electron chi connectivity index (χ1n) is 26.3. The fourth-order valence-electron chi connectivity index (χ4n) is 9.94. The summed E-state index contributed by atoms with van der Waals surface area (Å²) in [6.45, 7) is 22.2. The summed E-state index contributed by atoms with van der Waals surface area (Å²) in [7, 11) is 2.70. The van der Waals surface area contributed by atoms with Gasteiger partial charge in [0, 0.05) is 64.0 Å². The minimum atomic E-state index is -2.09. The molecule has 0 saturated carbocycles. The van der Waals surface area contributed by atoms with Gasteiger partial charge in [0.2, 0.25) is 29.5 Å². The smallest absolute Gasteiger partial charge is 0.245 e. The Morgan fingerprint density at radius 2 is 1.62 bits per heavy atom. The Morgan fingerprint density at radius 1 is 0.973 bits per heavy atom. The highest BCUT2D eigenvalue weighted by Crippen LogP contribution is 2.31. The fraction of sp³-hybridized carbons (Fsp3) is 0.712. The number of rotatable bonds is 31. The number of ether oxygens (including phenoxy) is 2. The second kappa shape index (κ2) is 31.0. The quantitative estimate of drug-likeness (QED) is 0.0172. The molecule has 1 unspecified atom stereocenters. The second-order valence-electron chi connectivity index (χ2n) is 21.3. The molecular formula is C52H88N10O9SSi2. The summed E-state index contributed by atoms with van der Waals surface area (Å²) in [6.07, 6.45) is 3.97. The topological polar surface area (TPSA) is 242 Å². The average Bonchev–Trinajstić information content (AvgIpc) is 3.86. The van der Waals surface area contributed by atoms with Crippen molar-refractivity contribution in [3.8, 4) is 0 Å². The summed E-state index contributed by atoms with van der Waals surface area (Å²) in [5, 5.41) is 21.9. The van der Waals surface area contributed by atoms with Gasteiger partial charge < -0.3 is 44.0 Å². The number of benzene rings is 1. The molecule has 2 aromatic rings. The third-order valence-electron chi connectivity index (χ3n) is 14.3. The third kappa shape index (κ3) is 18.7. The molecule has 74 heavy (non-hydrogen) atoms. The molecule has 5 amide bonds. The van der Waals surface area contributed by atoms with E-state index in [1.54, 1.807) is 69.0 Å². The Morgan fingerprint density at radius 3 is 2.19 bits per heavy atom. The summed E-state index contributed by atoms with van der Waals surface area (Å²) in [4.78, 5) is 87.2. The van der Waals surface area contributed by atoms with Crippen LogP contribution < -0.4 is 10.6 Å². The fourth-order valence-corrected chi connectivity index (χ4v) is 18.6. The molecule has 1 aliphatic rings. The van der Waals surface area contributed by atoms with E-state index in [0.717, 1.165) is 23.4 Å². The van der Waals surface area contributed by atoms with Crippen molar-refractivity contribution in [2.45, 2.75) is 180 Å². The van der Waals surface area contributed by atoms with Gasteiger partial charge in [0.15, 0.2) is 22.5 Å². The summed E-state index contributed by atoms with van der Waals surface area (Å²) in [5.41, 5.74) is 9.99. The van der Waals surface area contributed by atoms with Gasteiger partial charge in [-0.05, 0) is 86.3 Å². The van der Waals surface area contributed by atoms with Crippen LogP contribution in [0.1, 0.15) is 111 Å². The first kappa shape index (κ1) is 63.9.